The van der Waals surface area contributed by atoms with Gasteiger partial charge >= 0.3 is 6.03 Å². The van der Waals surface area contributed by atoms with Crippen LogP contribution in [0.25, 0.3) is 10.9 Å². The minimum Gasteiger partial charge on any atom is -0.352 e. The van der Waals surface area contributed by atoms with Crippen LogP contribution in [0.2, 0.25) is 0 Å². The van der Waals surface area contributed by atoms with Gasteiger partial charge < -0.3 is 21.3 Å². The molecule has 12 heteroatoms. The van der Waals surface area contributed by atoms with Crippen LogP contribution >= 0.6 is 0 Å². The number of pyridine rings is 1. The fraction of sp³-hybridized carbons (Fsp3) is 0.143. The van der Waals surface area contributed by atoms with E-state index in [1.807, 2.05) is 6.07 Å². The molecule has 0 saturated carbocycles. The topological polar surface area (TPSA) is 165 Å². The molecule has 0 bridgehead atoms. The SMILES string of the molecule is CC1=C(C(=O)Nc2ccc3[nH]ncc3c2)C(c2ccc(F)c(CC(=O)NCc3ccc(C#N)nc3)c2)NC(=O)N1. The van der Waals surface area contributed by atoms with E-state index in [0.717, 1.165) is 10.9 Å². The van der Waals surface area contributed by atoms with Crippen molar-refractivity contribution in [3.8, 4) is 6.07 Å². The number of fused-ring (bicyclic) bond motifs is 1. The molecule has 0 spiro atoms. The highest BCUT2D eigenvalue weighted by Crippen LogP contribution is 2.29. The highest BCUT2D eigenvalue weighted by molar-refractivity contribution is 6.07. The van der Waals surface area contributed by atoms with Gasteiger partial charge in [-0.05, 0) is 60.0 Å². The quantitative estimate of drug-likeness (QED) is 0.243. The van der Waals surface area contributed by atoms with E-state index >= 15 is 0 Å². The van der Waals surface area contributed by atoms with Crippen molar-refractivity contribution in [1.29, 1.82) is 5.26 Å². The lowest BCUT2D eigenvalue weighted by Crippen LogP contribution is -2.46. The van der Waals surface area contributed by atoms with Crippen LogP contribution in [-0.4, -0.2) is 33.0 Å². The Morgan fingerprint density at radius 1 is 1.12 bits per heavy atom. The summed E-state index contributed by atoms with van der Waals surface area (Å²) >= 11 is 0. The van der Waals surface area contributed by atoms with Crippen LogP contribution < -0.4 is 21.3 Å². The number of nitrogens with one attached hydrogen (secondary N) is 5. The molecule has 0 radical (unpaired) electrons. The van der Waals surface area contributed by atoms with Crippen molar-refractivity contribution in [2.75, 3.05) is 5.32 Å². The van der Waals surface area contributed by atoms with E-state index in [9.17, 15) is 18.8 Å². The third-order valence-corrected chi connectivity index (χ3v) is 6.39. The summed E-state index contributed by atoms with van der Waals surface area (Å²) in [6.45, 7) is 1.76. The lowest BCUT2D eigenvalue weighted by atomic mass is 9.93. The standard InChI is InChI=1S/C28H23FN8O3/c1-15-25(27(39)35-20-5-7-23-19(9-20)14-33-37-23)26(36-28(40)34-15)17-3-6-22(29)18(8-17)10-24(38)32-13-16-2-4-21(11-30)31-12-16/h2-9,12,14,26H,10,13H2,1H3,(H,32,38)(H,33,37)(H,35,39)(H2,34,36,40). The number of nitrogens with zero attached hydrogens (tertiary/aromatic N) is 3. The van der Waals surface area contributed by atoms with Crippen LogP contribution in [0.3, 0.4) is 0 Å². The molecular formula is C28H23FN8O3. The molecule has 4 amide bonds. The molecule has 40 heavy (non-hydrogen) atoms. The highest BCUT2D eigenvalue weighted by Gasteiger charge is 2.32. The molecule has 11 nitrogen and oxygen atoms in total. The van der Waals surface area contributed by atoms with Crippen LogP contribution in [0.15, 0.2) is 72.2 Å². The Labute approximate surface area is 227 Å². The van der Waals surface area contributed by atoms with Gasteiger partial charge in [0.05, 0.1) is 29.7 Å². The number of benzene rings is 2. The predicted octanol–water partition coefficient (Wildman–Crippen LogP) is 3.09. The van der Waals surface area contributed by atoms with Crippen molar-refractivity contribution < 1.29 is 18.8 Å². The molecule has 5 rings (SSSR count). The highest BCUT2D eigenvalue weighted by atomic mass is 19.1. The smallest absolute Gasteiger partial charge is 0.319 e. The minimum atomic E-state index is -0.890. The first-order valence-corrected chi connectivity index (χ1v) is 12.2. The normalized spacial score (nSPS) is 14.7. The number of rotatable bonds is 7. The Morgan fingerprint density at radius 3 is 2.75 bits per heavy atom. The number of halogens is 1. The van der Waals surface area contributed by atoms with Gasteiger partial charge in [0, 0.05) is 29.5 Å². The van der Waals surface area contributed by atoms with Crippen molar-refractivity contribution in [2.24, 2.45) is 0 Å². The van der Waals surface area contributed by atoms with Crippen LogP contribution in [-0.2, 0) is 22.6 Å². The Bertz CT molecular complexity index is 1700. The Kier molecular flexibility index (Phi) is 7.19. The van der Waals surface area contributed by atoms with Gasteiger partial charge in [0.15, 0.2) is 0 Å². The average molecular weight is 539 g/mol. The maximum absolute atomic E-state index is 14.7. The maximum Gasteiger partial charge on any atom is 0.319 e. The first-order chi connectivity index (χ1) is 19.3. The third kappa shape index (κ3) is 5.63. The molecule has 0 fully saturated rings. The number of amides is 4. The van der Waals surface area contributed by atoms with E-state index in [1.165, 1.54) is 30.5 Å². The number of carbonyl (C=O) groups is 3. The van der Waals surface area contributed by atoms with Crippen molar-refractivity contribution in [3.63, 3.8) is 0 Å². The predicted molar refractivity (Wildman–Crippen MR) is 143 cm³/mol. The number of nitriles is 1. The molecule has 0 aliphatic carbocycles. The summed E-state index contributed by atoms with van der Waals surface area (Å²) in [5.74, 6) is -1.49. The molecule has 0 saturated heterocycles. The number of aromatic amines is 1. The number of aromatic nitrogens is 3. The van der Waals surface area contributed by atoms with Gasteiger partial charge in [-0.25, -0.2) is 14.2 Å². The summed E-state index contributed by atoms with van der Waals surface area (Å²) in [5, 5.41) is 27.4. The number of hydrogen-bond acceptors (Lipinski definition) is 6. The van der Waals surface area contributed by atoms with Crippen molar-refractivity contribution in [1.82, 2.24) is 31.1 Å². The molecule has 5 N–H and O–H groups in total. The van der Waals surface area contributed by atoms with Crippen LogP contribution in [0.4, 0.5) is 14.9 Å². The zero-order chi connectivity index (χ0) is 28.2. The molecule has 4 aromatic rings. The summed E-state index contributed by atoms with van der Waals surface area (Å²) < 4.78 is 14.7. The molecule has 2 aromatic carbocycles. The van der Waals surface area contributed by atoms with E-state index in [4.69, 9.17) is 5.26 Å². The van der Waals surface area contributed by atoms with Crippen LogP contribution in [0, 0.1) is 17.1 Å². The second-order valence-electron chi connectivity index (χ2n) is 9.16. The van der Waals surface area contributed by atoms with Crippen LogP contribution in [0.5, 0.6) is 0 Å². The van der Waals surface area contributed by atoms with Crippen molar-refractivity contribution >= 4 is 34.4 Å². The summed E-state index contributed by atoms with van der Waals surface area (Å²) in [6.07, 6.45) is 2.85. The molecule has 2 aromatic heterocycles. The third-order valence-electron chi connectivity index (χ3n) is 6.39. The Hall–Kier alpha value is -5.57. The number of urea groups is 1. The van der Waals surface area contributed by atoms with Crippen molar-refractivity contribution in [3.05, 3.63) is 100 Å². The van der Waals surface area contributed by atoms with E-state index in [-0.39, 0.29) is 29.8 Å². The molecule has 200 valence electrons. The lowest BCUT2D eigenvalue weighted by molar-refractivity contribution is -0.120. The summed E-state index contributed by atoms with van der Waals surface area (Å²) in [4.78, 5) is 42.3. The molecule has 1 unspecified atom stereocenters. The molecular weight excluding hydrogens is 515 g/mol. The van der Waals surface area contributed by atoms with E-state index in [1.54, 1.807) is 37.4 Å². The molecule has 1 aliphatic heterocycles. The lowest BCUT2D eigenvalue weighted by Gasteiger charge is -2.29. The van der Waals surface area contributed by atoms with E-state index < -0.39 is 29.7 Å². The molecule has 1 aliphatic rings. The largest absolute Gasteiger partial charge is 0.352 e. The number of anilines is 1. The monoisotopic (exact) mass is 538 g/mol. The van der Waals surface area contributed by atoms with Gasteiger partial charge in [0.1, 0.15) is 17.6 Å². The average Bonchev–Trinajstić information content (AvgIpc) is 3.41. The second kappa shape index (κ2) is 11.0. The van der Waals surface area contributed by atoms with Gasteiger partial charge in [-0.3, -0.25) is 14.7 Å². The molecule has 1 atom stereocenters. The van der Waals surface area contributed by atoms with Gasteiger partial charge in [-0.15, -0.1) is 0 Å². The van der Waals surface area contributed by atoms with Crippen molar-refractivity contribution in [2.45, 2.75) is 25.9 Å². The van der Waals surface area contributed by atoms with Gasteiger partial charge in [-0.2, -0.15) is 10.4 Å². The fourth-order valence-electron chi connectivity index (χ4n) is 4.40. The number of hydrogen-bond donors (Lipinski definition) is 5. The first kappa shape index (κ1) is 26.1. The summed E-state index contributed by atoms with van der Waals surface area (Å²) in [7, 11) is 0. The summed E-state index contributed by atoms with van der Waals surface area (Å²) in [5.41, 5.74) is 3.40. The Balaban J connectivity index is 1.34. The number of carbonyl (C=O) groups excluding carboxylic acids is 3. The fourth-order valence-corrected chi connectivity index (χ4v) is 4.40. The zero-order valence-corrected chi connectivity index (χ0v) is 21.2. The van der Waals surface area contributed by atoms with Gasteiger partial charge in [0.25, 0.3) is 5.91 Å². The molecule has 3 heterocycles. The van der Waals surface area contributed by atoms with E-state index in [0.29, 0.717) is 22.5 Å². The maximum atomic E-state index is 14.7. The number of allylic oxidation sites excluding steroid dienone is 1. The zero-order valence-electron chi connectivity index (χ0n) is 21.2. The number of H-pyrrole nitrogens is 1. The minimum absolute atomic E-state index is 0.101. The Morgan fingerprint density at radius 2 is 1.98 bits per heavy atom. The first-order valence-electron chi connectivity index (χ1n) is 12.2. The van der Waals surface area contributed by atoms with Gasteiger partial charge in [-0.1, -0.05) is 12.1 Å². The second-order valence-corrected chi connectivity index (χ2v) is 9.16. The van der Waals surface area contributed by atoms with Gasteiger partial charge in [0.2, 0.25) is 5.91 Å². The van der Waals surface area contributed by atoms with E-state index in [2.05, 4.69) is 36.4 Å². The van der Waals surface area contributed by atoms with Crippen LogP contribution in [0.1, 0.15) is 35.3 Å². The summed E-state index contributed by atoms with van der Waals surface area (Å²) in [6, 6.07) is 13.1.